The van der Waals surface area contributed by atoms with Crippen molar-refractivity contribution in [1.82, 2.24) is 10.3 Å². The van der Waals surface area contributed by atoms with Crippen LogP contribution in [0.4, 0.5) is 0 Å². The van der Waals surface area contributed by atoms with Crippen molar-refractivity contribution < 1.29 is 4.79 Å². The minimum absolute atomic E-state index is 0.0356. The molecule has 13 heavy (non-hydrogen) atoms. The van der Waals surface area contributed by atoms with Gasteiger partial charge in [-0.15, -0.1) is 0 Å². The zero-order valence-corrected chi connectivity index (χ0v) is 8.82. The Labute approximate surface area is 85.1 Å². The Hall–Kier alpha value is -0.680. The molecule has 1 aromatic rings. The molecule has 0 saturated carbocycles. The highest BCUT2D eigenvalue weighted by atomic mass is 33.1. The van der Waals surface area contributed by atoms with Gasteiger partial charge in [0.2, 0.25) is 5.91 Å². The number of amides is 1. The van der Waals surface area contributed by atoms with E-state index in [9.17, 15) is 4.79 Å². The van der Waals surface area contributed by atoms with Gasteiger partial charge in [-0.05, 0) is 22.9 Å². The van der Waals surface area contributed by atoms with Crippen LogP contribution in [0.5, 0.6) is 0 Å². The van der Waals surface area contributed by atoms with E-state index >= 15 is 0 Å². The maximum Gasteiger partial charge on any atom is 0.230 e. The summed E-state index contributed by atoms with van der Waals surface area (Å²) in [6.07, 6.45) is 1.74. The van der Waals surface area contributed by atoms with Crippen molar-refractivity contribution in [2.75, 3.05) is 12.8 Å². The number of nitrogens with one attached hydrogen (secondary N) is 1. The lowest BCUT2D eigenvalue weighted by atomic mass is 10.5. The molecule has 0 aromatic carbocycles. The first-order valence-corrected chi connectivity index (χ1v) is 6.06. The summed E-state index contributed by atoms with van der Waals surface area (Å²) in [5.74, 6) is 0.492. The second kappa shape index (κ2) is 5.88. The van der Waals surface area contributed by atoms with Crippen molar-refractivity contribution in [2.45, 2.75) is 5.03 Å². The predicted molar refractivity (Wildman–Crippen MR) is 56.6 cm³/mol. The fraction of sp³-hybridized carbons (Fsp3) is 0.250. The largest absolute Gasteiger partial charge is 0.358 e. The molecule has 1 aromatic heterocycles. The minimum atomic E-state index is 0.0356. The van der Waals surface area contributed by atoms with Crippen LogP contribution in [-0.2, 0) is 4.79 Å². The zero-order valence-electron chi connectivity index (χ0n) is 7.19. The van der Waals surface area contributed by atoms with Crippen molar-refractivity contribution >= 4 is 27.5 Å². The van der Waals surface area contributed by atoms with E-state index in [1.54, 1.807) is 13.2 Å². The summed E-state index contributed by atoms with van der Waals surface area (Å²) in [5, 5.41) is 3.48. The van der Waals surface area contributed by atoms with E-state index < -0.39 is 0 Å². The number of hydrogen-bond acceptors (Lipinski definition) is 4. The van der Waals surface area contributed by atoms with Crippen LogP contribution in [0.3, 0.4) is 0 Å². The van der Waals surface area contributed by atoms with E-state index in [0.717, 1.165) is 5.03 Å². The van der Waals surface area contributed by atoms with Crippen LogP contribution in [0.2, 0.25) is 0 Å². The van der Waals surface area contributed by atoms with Gasteiger partial charge in [0.25, 0.3) is 0 Å². The van der Waals surface area contributed by atoms with Gasteiger partial charge in [-0.25, -0.2) is 4.98 Å². The predicted octanol–water partition coefficient (Wildman–Crippen LogP) is 1.57. The van der Waals surface area contributed by atoms with E-state index in [-0.39, 0.29) is 5.91 Å². The Morgan fingerprint density at radius 2 is 2.46 bits per heavy atom. The number of carbonyl (C=O) groups excluding carboxylic acids is 1. The lowest BCUT2D eigenvalue weighted by Gasteiger charge is -1.98. The van der Waals surface area contributed by atoms with Crippen LogP contribution in [0.1, 0.15) is 0 Å². The molecule has 0 spiro atoms. The maximum atomic E-state index is 10.8. The summed E-state index contributed by atoms with van der Waals surface area (Å²) in [4.78, 5) is 14.9. The molecule has 1 N–H and O–H groups in total. The van der Waals surface area contributed by atoms with E-state index in [4.69, 9.17) is 0 Å². The van der Waals surface area contributed by atoms with Gasteiger partial charge in [0.1, 0.15) is 5.03 Å². The standard InChI is InChI=1S/C8H10N2OS2/c1-9-7(11)6-12-13-8-4-2-3-5-10-8/h2-5H,6H2,1H3,(H,9,11). The Morgan fingerprint density at radius 3 is 3.08 bits per heavy atom. The summed E-state index contributed by atoms with van der Waals surface area (Å²) >= 11 is 0. The Kier molecular flexibility index (Phi) is 4.70. The molecule has 5 heteroatoms. The lowest BCUT2D eigenvalue weighted by Crippen LogP contribution is -2.19. The van der Waals surface area contributed by atoms with Crippen LogP contribution in [-0.4, -0.2) is 23.7 Å². The normalized spacial score (nSPS) is 9.62. The van der Waals surface area contributed by atoms with Gasteiger partial charge in [0, 0.05) is 13.2 Å². The molecule has 0 atom stereocenters. The topological polar surface area (TPSA) is 42.0 Å². The number of rotatable bonds is 4. The molecule has 1 rings (SSSR count). The number of hydrogen-bond donors (Lipinski definition) is 1. The minimum Gasteiger partial charge on any atom is -0.358 e. The van der Waals surface area contributed by atoms with Crippen LogP contribution < -0.4 is 5.32 Å². The Morgan fingerprint density at radius 1 is 1.62 bits per heavy atom. The highest BCUT2D eigenvalue weighted by Crippen LogP contribution is 2.28. The molecule has 0 bridgehead atoms. The molecule has 0 radical (unpaired) electrons. The average Bonchev–Trinajstić information content (AvgIpc) is 2.19. The van der Waals surface area contributed by atoms with E-state index in [1.807, 2.05) is 18.2 Å². The molecule has 1 amide bonds. The van der Waals surface area contributed by atoms with Crippen molar-refractivity contribution in [3.8, 4) is 0 Å². The van der Waals surface area contributed by atoms with E-state index in [1.165, 1.54) is 21.6 Å². The van der Waals surface area contributed by atoms with Gasteiger partial charge >= 0.3 is 0 Å². The summed E-state index contributed by atoms with van der Waals surface area (Å²) in [5.41, 5.74) is 0. The smallest absolute Gasteiger partial charge is 0.230 e. The van der Waals surface area contributed by atoms with Gasteiger partial charge in [0.05, 0.1) is 5.75 Å². The fourth-order valence-electron chi connectivity index (χ4n) is 0.612. The second-order valence-electron chi connectivity index (χ2n) is 2.19. The second-order valence-corrected chi connectivity index (χ2v) is 4.50. The van der Waals surface area contributed by atoms with Crippen molar-refractivity contribution in [3.05, 3.63) is 24.4 Å². The first-order valence-electron chi connectivity index (χ1n) is 3.74. The number of aromatic nitrogens is 1. The monoisotopic (exact) mass is 214 g/mol. The maximum absolute atomic E-state index is 10.8. The summed E-state index contributed by atoms with van der Waals surface area (Å²) in [6.45, 7) is 0. The summed E-state index contributed by atoms with van der Waals surface area (Å²) in [6, 6.07) is 5.71. The first-order chi connectivity index (χ1) is 6.33. The molecule has 0 unspecified atom stereocenters. The van der Waals surface area contributed by atoms with Crippen molar-refractivity contribution in [3.63, 3.8) is 0 Å². The molecule has 1 heterocycles. The highest BCUT2D eigenvalue weighted by molar-refractivity contribution is 8.76. The van der Waals surface area contributed by atoms with Crippen LogP contribution >= 0.6 is 21.6 Å². The van der Waals surface area contributed by atoms with Gasteiger partial charge < -0.3 is 5.32 Å². The van der Waals surface area contributed by atoms with Gasteiger partial charge in [-0.3, -0.25) is 4.79 Å². The van der Waals surface area contributed by atoms with Crippen LogP contribution in [0.15, 0.2) is 29.4 Å². The van der Waals surface area contributed by atoms with E-state index in [2.05, 4.69) is 10.3 Å². The van der Waals surface area contributed by atoms with Gasteiger partial charge in [0.15, 0.2) is 0 Å². The molecule has 0 aliphatic heterocycles. The van der Waals surface area contributed by atoms with Gasteiger partial charge in [-0.1, -0.05) is 16.9 Å². The highest BCUT2D eigenvalue weighted by Gasteiger charge is 1.99. The third kappa shape index (κ3) is 4.19. The average molecular weight is 214 g/mol. The van der Waals surface area contributed by atoms with Crippen LogP contribution in [0.25, 0.3) is 0 Å². The third-order valence-corrected chi connectivity index (χ3v) is 3.38. The van der Waals surface area contributed by atoms with Gasteiger partial charge in [-0.2, -0.15) is 0 Å². The molecular weight excluding hydrogens is 204 g/mol. The molecule has 70 valence electrons. The molecule has 0 saturated heterocycles. The summed E-state index contributed by atoms with van der Waals surface area (Å²) in [7, 11) is 4.62. The fourth-order valence-corrected chi connectivity index (χ4v) is 2.44. The van der Waals surface area contributed by atoms with Crippen molar-refractivity contribution in [2.24, 2.45) is 0 Å². The summed E-state index contributed by atoms with van der Waals surface area (Å²) < 4.78 is 0. The van der Waals surface area contributed by atoms with Crippen LogP contribution in [0, 0.1) is 0 Å². The molecule has 0 fully saturated rings. The lowest BCUT2D eigenvalue weighted by molar-refractivity contribution is -0.118. The molecule has 0 aliphatic rings. The number of carbonyl (C=O) groups is 1. The quantitative estimate of drug-likeness (QED) is 0.772. The molecular formula is C8H10N2OS2. The first kappa shape index (κ1) is 10.4. The molecule has 0 aliphatic carbocycles. The molecule has 3 nitrogen and oxygen atoms in total. The van der Waals surface area contributed by atoms with E-state index in [0.29, 0.717) is 5.75 Å². The number of pyridine rings is 1. The Balaban J connectivity index is 2.24. The SMILES string of the molecule is CNC(=O)CSSc1ccccn1. The van der Waals surface area contributed by atoms with Crippen molar-refractivity contribution in [1.29, 1.82) is 0 Å². The Bertz CT molecular complexity index is 266. The number of nitrogens with zero attached hydrogens (tertiary/aromatic N) is 1. The zero-order chi connectivity index (χ0) is 9.52. The third-order valence-electron chi connectivity index (χ3n) is 1.25.